The number of sulfone groups is 1. The molecule has 5 rings (SSSR count). The molecule has 1 aromatic rings. The predicted molar refractivity (Wildman–Crippen MR) is 114 cm³/mol. The number of fused-ring (bicyclic) bond motifs is 2. The molecule has 0 spiro atoms. The zero-order chi connectivity index (χ0) is 22.5. The van der Waals surface area contributed by atoms with E-state index in [2.05, 4.69) is 11.4 Å². The van der Waals surface area contributed by atoms with Crippen LogP contribution in [0.5, 0.6) is 0 Å². The van der Waals surface area contributed by atoms with Crippen molar-refractivity contribution >= 4 is 21.7 Å². The van der Waals surface area contributed by atoms with Crippen molar-refractivity contribution in [3.8, 4) is 6.07 Å². The van der Waals surface area contributed by atoms with Crippen LogP contribution in [0.25, 0.3) is 0 Å². The second-order valence-corrected chi connectivity index (χ2v) is 11.7. The molecule has 4 fully saturated rings. The summed E-state index contributed by atoms with van der Waals surface area (Å²) in [5.74, 6) is -2.00. The molecule has 2 aliphatic heterocycles. The maximum absolute atomic E-state index is 13.7. The van der Waals surface area contributed by atoms with Gasteiger partial charge in [0, 0.05) is 0 Å². The first-order valence-electron chi connectivity index (χ1n) is 11.3. The number of carbonyl (C=O) groups excluding carboxylic acids is 2. The van der Waals surface area contributed by atoms with Crippen LogP contribution in [0.3, 0.4) is 0 Å². The van der Waals surface area contributed by atoms with Crippen molar-refractivity contribution < 1.29 is 22.7 Å². The van der Waals surface area contributed by atoms with E-state index in [0.717, 1.165) is 12.8 Å². The van der Waals surface area contributed by atoms with Crippen molar-refractivity contribution in [2.75, 3.05) is 13.2 Å². The monoisotopic (exact) mass is 457 g/mol. The lowest BCUT2D eigenvalue weighted by atomic mass is 9.92. The molecule has 0 aromatic heterocycles. The number of benzene rings is 1. The highest BCUT2D eigenvalue weighted by Gasteiger charge is 2.54. The van der Waals surface area contributed by atoms with Gasteiger partial charge in [-0.3, -0.25) is 9.59 Å². The zero-order valence-corrected chi connectivity index (χ0v) is 18.6. The molecule has 2 bridgehead atoms. The Hall–Kier alpha value is -2.44. The van der Waals surface area contributed by atoms with Crippen molar-refractivity contribution in [3.63, 3.8) is 0 Å². The molecule has 2 aliphatic carbocycles. The van der Waals surface area contributed by atoms with Gasteiger partial charge >= 0.3 is 0 Å². The molecule has 2 amide bonds. The maximum Gasteiger partial charge on any atom is 0.227 e. The van der Waals surface area contributed by atoms with Gasteiger partial charge < -0.3 is 15.0 Å². The highest BCUT2D eigenvalue weighted by atomic mass is 32.2. The number of nitrogens with zero attached hydrogens (tertiary/aromatic N) is 2. The minimum atomic E-state index is -3.69. The minimum Gasteiger partial charge on any atom is -0.377 e. The number of hydrogen-bond acceptors (Lipinski definition) is 6. The highest BCUT2D eigenvalue weighted by Crippen LogP contribution is 2.43. The summed E-state index contributed by atoms with van der Waals surface area (Å²) in [7, 11) is -3.69. The second kappa shape index (κ2) is 7.85. The first-order valence-corrected chi connectivity index (χ1v) is 12.8. The second-order valence-electron chi connectivity index (χ2n) is 9.52. The lowest BCUT2D eigenvalue weighted by Gasteiger charge is -2.37. The number of hydrogen-bond donors (Lipinski definition) is 1. The van der Waals surface area contributed by atoms with Crippen LogP contribution < -0.4 is 5.32 Å². The van der Waals surface area contributed by atoms with Gasteiger partial charge in [0.15, 0.2) is 9.84 Å². The summed E-state index contributed by atoms with van der Waals surface area (Å²) < 4.78 is 32.2. The van der Waals surface area contributed by atoms with E-state index in [0.29, 0.717) is 26.1 Å². The SMILES string of the molecule is N#CC1(NC(=O)C2CC(S(=O)(=O)c3ccccc3)CC2C(=O)N2C3CCC2COC3)CC1. The first-order chi connectivity index (χ1) is 15.3. The fourth-order valence-electron chi connectivity index (χ4n) is 5.51. The van der Waals surface area contributed by atoms with Crippen molar-refractivity contribution in [1.29, 1.82) is 5.26 Å². The number of amides is 2. The molecule has 8 nitrogen and oxygen atoms in total. The van der Waals surface area contributed by atoms with Crippen molar-refractivity contribution in [1.82, 2.24) is 10.2 Å². The van der Waals surface area contributed by atoms with Gasteiger partial charge in [-0.05, 0) is 50.7 Å². The van der Waals surface area contributed by atoms with E-state index < -0.39 is 32.5 Å². The lowest BCUT2D eigenvalue weighted by Crippen LogP contribution is -2.53. The summed E-state index contributed by atoms with van der Waals surface area (Å²) in [6.07, 6.45) is 3.09. The van der Waals surface area contributed by atoms with E-state index in [1.54, 1.807) is 30.3 Å². The van der Waals surface area contributed by atoms with Gasteiger partial charge in [0.05, 0.1) is 53.3 Å². The number of ether oxygens (including phenoxy) is 1. The van der Waals surface area contributed by atoms with E-state index in [9.17, 15) is 23.3 Å². The number of rotatable bonds is 5. The van der Waals surface area contributed by atoms with Gasteiger partial charge in [-0.1, -0.05) is 18.2 Å². The normalized spacial score (nSPS) is 32.8. The van der Waals surface area contributed by atoms with Gasteiger partial charge in [-0.2, -0.15) is 5.26 Å². The van der Waals surface area contributed by atoms with Crippen LogP contribution >= 0.6 is 0 Å². The van der Waals surface area contributed by atoms with Gasteiger partial charge in [0.25, 0.3) is 0 Å². The molecule has 4 aliphatic rings. The van der Waals surface area contributed by atoms with Gasteiger partial charge in [0.2, 0.25) is 11.8 Å². The van der Waals surface area contributed by atoms with Crippen LogP contribution in [0.1, 0.15) is 38.5 Å². The third kappa shape index (κ3) is 3.59. The standard InChI is InChI=1S/C23H27N3O5S/c24-14-23(8-9-23)25-21(27)19-10-18(32(29,30)17-4-2-1-3-5-17)11-20(19)22(28)26-15-6-7-16(26)13-31-12-15/h1-5,15-16,18-20H,6-13H2,(H,25,27). The molecule has 1 aromatic carbocycles. The third-order valence-corrected chi connectivity index (χ3v) is 9.70. The van der Waals surface area contributed by atoms with E-state index in [-0.39, 0.29) is 41.6 Å². The average Bonchev–Trinajstić information content (AvgIpc) is 3.33. The van der Waals surface area contributed by atoms with Gasteiger partial charge in [-0.25, -0.2) is 8.42 Å². The molecule has 5 unspecified atom stereocenters. The van der Waals surface area contributed by atoms with Crippen LogP contribution in [-0.4, -0.2) is 61.2 Å². The summed E-state index contributed by atoms with van der Waals surface area (Å²) in [6, 6.07) is 10.3. The van der Waals surface area contributed by atoms with E-state index in [4.69, 9.17) is 4.74 Å². The molecule has 2 saturated carbocycles. The fraction of sp³-hybridized carbons (Fsp3) is 0.609. The summed E-state index contributed by atoms with van der Waals surface area (Å²) in [4.78, 5) is 28.9. The van der Waals surface area contributed by atoms with Crippen molar-refractivity contribution in [2.24, 2.45) is 11.8 Å². The van der Waals surface area contributed by atoms with Crippen LogP contribution in [0.2, 0.25) is 0 Å². The lowest BCUT2D eigenvalue weighted by molar-refractivity contribution is -0.149. The van der Waals surface area contributed by atoms with E-state index >= 15 is 0 Å². The molecule has 0 radical (unpaired) electrons. The fourth-order valence-corrected chi connectivity index (χ4v) is 7.35. The van der Waals surface area contributed by atoms with Gasteiger partial charge in [0.1, 0.15) is 5.54 Å². The molecule has 2 saturated heterocycles. The highest BCUT2D eigenvalue weighted by molar-refractivity contribution is 7.92. The molecular formula is C23H27N3O5S. The summed E-state index contributed by atoms with van der Waals surface area (Å²) in [5, 5.41) is 11.4. The topological polar surface area (TPSA) is 117 Å². The van der Waals surface area contributed by atoms with Crippen molar-refractivity contribution in [2.45, 2.75) is 66.3 Å². The summed E-state index contributed by atoms with van der Waals surface area (Å²) >= 11 is 0. The maximum atomic E-state index is 13.7. The zero-order valence-electron chi connectivity index (χ0n) is 17.8. The molecular weight excluding hydrogens is 430 g/mol. The quantitative estimate of drug-likeness (QED) is 0.715. The minimum absolute atomic E-state index is 0.0105. The van der Waals surface area contributed by atoms with Crippen LogP contribution in [-0.2, 0) is 24.2 Å². The smallest absolute Gasteiger partial charge is 0.227 e. The Morgan fingerprint density at radius 2 is 1.69 bits per heavy atom. The van der Waals surface area contributed by atoms with Crippen molar-refractivity contribution in [3.05, 3.63) is 30.3 Å². The largest absolute Gasteiger partial charge is 0.377 e. The Morgan fingerprint density at radius 3 is 2.28 bits per heavy atom. The molecule has 2 heterocycles. The number of morpholine rings is 1. The first kappa shape index (κ1) is 21.4. The molecule has 170 valence electrons. The molecule has 5 atom stereocenters. The molecule has 9 heteroatoms. The number of carbonyl (C=O) groups is 2. The van der Waals surface area contributed by atoms with Gasteiger partial charge in [-0.15, -0.1) is 0 Å². The average molecular weight is 458 g/mol. The Labute approximate surface area is 187 Å². The predicted octanol–water partition coefficient (Wildman–Crippen LogP) is 1.42. The van der Waals surface area contributed by atoms with Crippen LogP contribution in [0, 0.1) is 23.2 Å². The van der Waals surface area contributed by atoms with Crippen LogP contribution in [0.4, 0.5) is 0 Å². The Bertz CT molecular complexity index is 1050. The van der Waals surface area contributed by atoms with E-state index in [1.165, 1.54) is 0 Å². The van der Waals surface area contributed by atoms with E-state index in [1.807, 2.05) is 4.90 Å². The third-order valence-electron chi connectivity index (χ3n) is 7.51. The van der Waals surface area contributed by atoms with Crippen LogP contribution in [0.15, 0.2) is 35.2 Å². The number of nitrogens with one attached hydrogen (secondary N) is 1. The Balaban J connectivity index is 1.43. The number of nitriles is 1. The Morgan fingerprint density at radius 1 is 1.06 bits per heavy atom. The summed E-state index contributed by atoms with van der Waals surface area (Å²) in [5.41, 5.74) is -0.862. The summed E-state index contributed by atoms with van der Waals surface area (Å²) in [6.45, 7) is 0.963. The molecule has 1 N–H and O–H groups in total. The Kier molecular flexibility index (Phi) is 5.25. The molecule has 32 heavy (non-hydrogen) atoms.